The van der Waals surface area contributed by atoms with E-state index in [1.54, 1.807) is 6.07 Å². The highest BCUT2D eigenvalue weighted by molar-refractivity contribution is 5.66. The smallest absolute Gasteiger partial charge is 0.304 e. The minimum Gasteiger partial charge on any atom is -0.508 e. The molecule has 0 spiro atoms. The van der Waals surface area contributed by atoms with Crippen LogP contribution in [0.4, 0.5) is 0 Å². The van der Waals surface area contributed by atoms with Crippen LogP contribution in [0.5, 0.6) is 5.75 Å². The first-order valence-electron chi connectivity index (χ1n) is 13.3. The molecule has 0 aliphatic carbocycles. The molecule has 2 aliphatic heterocycles. The van der Waals surface area contributed by atoms with Crippen molar-refractivity contribution < 1.29 is 15.0 Å². The van der Waals surface area contributed by atoms with Gasteiger partial charge in [-0.1, -0.05) is 60.7 Å². The third kappa shape index (κ3) is 5.87. The molecule has 0 bridgehead atoms. The molecule has 1 fully saturated rings. The van der Waals surface area contributed by atoms with Crippen LogP contribution >= 0.6 is 0 Å². The standard InChI is InChI=1S/C31H37N3O3/c1-22-18-34(23(2)17-33(22)19-24-7-4-3-5-8-24)31(25-9-6-10-29(35)16-25)26-11-12-27-20-32(14-13-30(36)37)21-28(27)15-26/h3-12,15-16,22-23,31,35H,13-14,17-21H2,1-2H3,(H,36,37)/t22-,23+,31+/m1/s1. The van der Waals surface area contributed by atoms with Gasteiger partial charge in [0.25, 0.3) is 0 Å². The Morgan fingerprint density at radius 3 is 2.41 bits per heavy atom. The summed E-state index contributed by atoms with van der Waals surface area (Å²) < 4.78 is 0. The normalized spacial score (nSPS) is 21.6. The molecule has 2 heterocycles. The largest absolute Gasteiger partial charge is 0.508 e. The average molecular weight is 500 g/mol. The van der Waals surface area contributed by atoms with Gasteiger partial charge in [0.05, 0.1) is 12.5 Å². The highest BCUT2D eigenvalue weighted by atomic mass is 16.4. The van der Waals surface area contributed by atoms with E-state index in [0.29, 0.717) is 18.6 Å². The number of carboxylic acid groups (broad SMARTS) is 1. The maximum Gasteiger partial charge on any atom is 0.304 e. The Morgan fingerprint density at radius 1 is 0.892 bits per heavy atom. The van der Waals surface area contributed by atoms with E-state index in [2.05, 4.69) is 83.1 Å². The molecule has 2 N–H and O–H groups in total. The summed E-state index contributed by atoms with van der Waals surface area (Å²) in [4.78, 5) is 18.4. The number of carboxylic acids is 1. The van der Waals surface area contributed by atoms with Crippen LogP contribution in [0, 0.1) is 0 Å². The summed E-state index contributed by atoms with van der Waals surface area (Å²) in [6.45, 7) is 9.60. The van der Waals surface area contributed by atoms with Crippen molar-refractivity contribution in [2.24, 2.45) is 0 Å². The molecule has 0 unspecified atom stereocenters. The zero-order valence-corrected chi connectivity index (χ0v) is 21.8. The number of nitrogens with zero attached hydrogens (tertiary/aromatic N) is 3. The molecular formula is C31H37N3O3. The van der Waals surface area contributed by atoms with Crippen LogP contribution in [0.2, 0.25) is 0 Å². The molecular weight excluding hydrogens is 462 g/mol. The number of aliphatic carboxylic acids is 1. The van der Waals surface area contributed by atoms with Crippen molar-refractivity contribution in [2.75, 3.05) is 19.6 Å². The van der Waals surface area contributed by atoms with Gasteiger partial charge in [0.2, 0.25) is 0 Å². The molecule has 0 radical (unpaired) electrons. The van der Waals surface area contributed by atoms with Gasteiger partial charge in [0.1, 0.15) is 5.75 Å². The number of piperazine rings is 1. The fourth-order valence-corrected chi connectivity index (χ4v) is 5.96. The Bertz CT molecular complexity index is 1230. The topological polar surface area (TPSA) is 67.2 Å². The third-order valence-corrected chi connectivity index (χ3v) is 7.89. The number of phenols is 1. The lowest BCUT2D eigenvalue weighted by Gasteiger charge is -2.47. The first-order chi connectivity index (χ1) is 17.9. The van der Waals surface area contributed by atoms with Gasteiger partial charge in [-0.05, 0) is 53.8 Å². The predicted molar refractivity (Wildman–Crippen MR) is 145 cm³/mol. The first-order valence-corrected chi connectivity index (χ1v) is 13.3. The molecule has 0 amide bonds. The molecule has 6 nitrogen and oxygen atoms in total. The van der Waals surface area contributed by atoms with E-state index >= 15 is 0 Å². The number of aromatic hydroxyl groups is 1. The van der Waals surface area contributed by atoms with E-state index in [1.807, 2.05) is 12.1 Å². The van der Waals surface area contributed by atoms with Gasteiger partial charge < -0.3 is 10.2 Å². The molecule has 3 aromatic carbocycles. The summed E-state index contributed by atoms with van der Waals surface area (Å²) in [5, 5.41) is 19.4. The van der Waals surface area contributed by atoms with Gasteiger partial charge in [-0.3, -0.25) is 19.5 Å². The van der Waals surface area contributed by atoms with Crippen LogP contribution < -0.4 is 0 Å². The lowest BCUT2D eigenvalue weighted by molar-refractivity contribution is -0.137. The zero-order chi connectivity index (χ0) is 25.9. The van der Waals surface area contributed by atoms with Crippen LogP contribution in [-0.2, 0) is 24.4 Å². The maximum atomic E-state index is 11.1. The van der Waals surface area contributed by atoms with Crippen molar-refractivity contribution in [2.45, 2.75) is 58.0 Å². The van der Waals surface area contributed by atoms with E-state index in [-0.39, 0.29) is 18.2 Å². The number of benzene rings is 3. The van der Waals surface area contributed by atoms with E-state index in [9.17, 15) is 9.90 Å². The summed E-state index contributed by atoms with van der Waals surface area (Å²) >= 11 is 0. The van der Waals surface area contributed by atoms with Crippen molar-refractivity contribution in [3.63, 3.8) is 0 Å². The quantitative estimate of drug-likeness (QED) is 0.461. The fourth-order valence-electron chi connectivity index (χ4n) is 5.96. The Balaban J connectivity index is 1.41. The van der Waals surface area contributed by atoms with Crippen LogP contribution in [0.3, 0.4) is 0 Å². The molecule has 3 atom stereocenters. The van der Waals surface area contributed by atoms with Crippen LogP contribution in [-0.4, -0.2) is 62.6 Å². The van der Waals surface area contributed by atoms with Crippen LogP contribution in [0.25, 0.3) is 0 Å². The summed E-state index contributed by atoms with van der Waals surface area (Å²) in [5.74, 6) is -0.470. The monoisotopic (exact) mass is 499 g/mol. The minimum absolute atomic E-state index is 0.0294. The van der Waals surface area contributed by atoms with Crippen LogP contribution in [0.15, 0.2) is 72.8 Å². The van der Waals surface area contributed by atoms with E-state index in [0.717, 1.165) is 38.3 Å². The molecule has 6 heteroatoms. The van der Waals surface area contributed by atoms with Crippen molar-refractivity contribution in [3.8, 4) is 5.75 Å². The fraction of sp³-hybridized carbons (Fsp3) is 0.387. The zero-order valence-electron chi connectivity index (χ0n) is 21.8. The summed E-state index contributed by atoms with van der Waals surface area (Å²) in [6.07, 6.45) is 0.162. The molecule has 37 heavy (non-hydrogen) atoms. The highest BCUT2D eigenvalue weighted by Gasteiger charge is 2.35. The summed E-state index contributed by atoms with van der Waals surface area (Å²) in [5.41, 5.74) is 6.20. The number of phenolic OH excluding ortho intramolecular Hbond substituents is 1. The molecule has 194 valence electrons. The van der Waals surface area contributed by atoms with Gasteiger partial charge >= 0.3 is 5.97 Å². The van der Waals surface area contributed by atoms with E-state index in [4.69, 9.17) is 5.11 Å². The Hall–Kier alpha value is -3.19. The van der Waals surface area contributed by atoms with E-state index < -0.39 is 5.97 Å². The molecule has 0 aromatic heterocycles. The SMILES string of the molecule is C[C@@H]1CN([C@@H](c2cccc(O)c2)c2ccc3c(c2)CN(CCC(=O)O)C3)[C@@H](C)CN1Cc1ccccc1. The lowest BCUT2D eigenvalue weighted by atomic mass is 9.91. The second kappa shape index (κ2) is 11.1. The summed E-state index contributed by atoms with van der Waals surface area (Å²) in [6, 6.07) is 25.8. The van der Waals surface area contributed by atoms with Crippen LogP contribution in [0.1, 0.15) is 54.1 Å². The molecule has 5 rings (SSSR count). The van der Waals surface area contributed by atoms with Crippen molar-refractivity contribution in [3.05, 3.63) is 101 Å². The highest BCUT2D eigenvalue weighted by Crippen LogP contribution is 2.37. The second-order valence-corrected chi connectivity index (χ2v) is 10.7. The average Bonchev–Trinajstić information content (AvgIpc) is 3.29. The maximum absolute atomic E-state index is 11.1. The van der Waals surface area contributed by atoms with Gasteiger partial charge in [0.15, 0.2) is 0 Å². The summed E-state index contributed by atoms with van der Waals surface area (Å²) in [7, 11) is 0. The molecule has 3 aromatic rings. The van der Waals surface area contributed by atoms with Gasteiger partial charge in [-0.15, -0.1) is 0 Å². The lowest BCUT2D eigenvalue weighted by Crippen LogP contribution is -2.56. The van der Waals surface area contributed by atoms with Gasteiger partial charge in [-0.2, -0.15) is 0 Å². The number of rotatable bonds is 8. The second-order valence-electron chi connectivity index (χ2n) is 10.7. The first kappa shape index (κ1) is 25.5. The third-order valence-electron chi connectivity index (χ3n) is 7.89. The number of fused-ring (bicyclic) bond motifs is 1. The number of hydrogen-bond donors (Lipinski definition) is 2. The molecule has 0 saturated carbocycles. The van der Waals surface area contributed by atoms with E-state index in [1.165, 1.54) is 22.3 Å². The predicted octanol–water partition coefficient (Wildman–Crippen LogP) is 4.87. The molecule has 1 saturated heterocycles. The number of hydrogen-bond acceptors (Lipinski definition) is 5. The van der Waals surface area contributed by atoms with Crippen molar-refractivity contribution in [1.29, 1.82) is 0 Å². The van der Waals surface area contributed by atoms with Crippen molar-refractivity contribution >= 4 is 5.97 Å². The Morgan fingerprint density at radius 2 is 1.65 bits per heavy atom. The van der Waals surface area contributed by atoms with Gasteiger partial charge in [0, 0.05) is 51.4 Å². The Kier molecular flexibility index (Phi) is 7.60. The Labute approximate surface area is 219 Å². The molecule has 2 aliphatic rings. The van der Waals surface area contributed by atoms with Crippen molar-refractivity contribution in [1.82, 2.24) is 14.7 Å². The minimum atomic E-state index is -0.755. The number of carbonyl (C=O) groups is 1. The van der Waals surface area contributed by atoms with Gasteiger partial charge in [-0.25, -0.2) is 0 Å².